The second-order valence-corrected chi connectivity index (χ2v) is 6.85. The largest absolute Gasteiger partial charge is 0.332 e. The Hall–Kier alpha value is -1.76. The summed E-state index contributed by atoms with van der Waals surface area (Å²) < 4.78 is 0. The molecule has 5 nitrogen and oxygen atoms in total. The van der Waals surface area contributed by atoms with E-state index in [0.29, 0.717) is 25.3 Å². The van der Waals surface area contributed by atoms with Crippen LogP contribution in [0.5, 0.6) is 0 Å². The molecule has 1 aromatic carbocycles. The highest BCUT2D eigenvalue weighted by atomic mass is 32.1. The summed E-state index contributed by atoms with van der Waals surface area (Å²) in [5.74, 6) is -0.00414. The SMILES string of the molecule is CCN(CC)CCN(Cc1ccccc1)C(=O)c1csc(CCN)n1. The molecule has 136 valence electrons. The highest BCUT2D eigenvalue weighted by Crippen LogP contribution is 2.14. The molecule has 0 spiro atoms. The number of aromatic nitrogens is 1. The first-order valence-corrected chi connectivity index (χ1v) is 9.75. The number of thiazole rings is 1. The maximum atomic E-state index is 13.0. The zero-order valence-corrected chi connectivity index (χ0v) is 16.0. The molecule has 2 rings (SSSR count). The molecule has 0 fully saturated rings. The number of likely N-dealkylation sites (N-methyl/N-ethyl adjacent to an activating group) is 1. The fraction of sp³-hybridized carbons (Fsp3) is 0.474. The van der Waals surface area contributed by atoms with Crippen LogP contribution in [0.2, 0.25) is 0 Å². The number of rotatable bonds is 10. The minimum Gasteiger partial charge on any atom is -0.332 e. The van der Waals surface area contributed by atoms with Gasteiger partial charge in [0.1, 0.15) is 5.69 Å². The Morgan fingerprint density at radius 3 is 2.52 bits per heavy atom. The molecule has 0 unspecified atom stereocenters. The summed E-state index contributed by atoms with van der Waals surface area (Å²) in [6, 6.07) is 10.1. The number of carbonyl (C=O) groups is 1. The van der Waals surface area contributed by atoms with Crippen molar-refractivity contribution < 1.29 is 4.79 Å². The maximum absolute atomic E-state index is 13.0. The van der Waals surface area contributed by atoms with E-state index in [1.165, 1.54) is 11.3 Å². The molecular weight excluding hydrogens is 332 g/mol. The van der Waals surface area contributed by atoms with E-state index in [4.69, 9.17) is 5.73 Å². The van der Waals surface area contributed by atoms with Crippen LogP contribution in [0.25, 0.3) is 0 Å². The molecule has 0 atom stereocenters. The molecule has 0 aliphatic rings. The zero-order chi connectivity index (χ0) is 18.1. The van der Waals surface area contributed by atoms with Crippen LogP contribution < -0.4 is 5.73 Å². The fourth-order valence-corrected chi connectivity index (χ4v) is 3.46. The van der Waals surface area contributed by atoms with Crippen LogP contribution in [-0.4, -0.2) is 53.4 Å². The summed E-state index contributed by atoms with van der Waals surface area (Å²) in [7, 11) is 0. The summed E-state index contributed by atoms with van der Waals surface area (Å²) in [4.78, 5) is 21.7. The molecule has 0 bridgehead atoms. The second-order valence-electron chi connectivity index (χ2n) is 5.90. The third-order valence-corrected chi connectivity index (χ3v) is 5.12. The Bertz CT molecular complexity index is 640. The van der Waals surface area contributed by atoms with Gasteiger partial charge in [0.25, 0.3) is 5.91 Å². The average Bonchev–Trinajstić information content (AvgIpc) is 3.11. The molecule has 0 aliphatic carbocycles. The minimum atomic E-state index is -0.00414. The highest BCUT2D eigenvalue weighted by molar-refractivity contribution is 7.09. The molecule has 2 aromatic rings. The molecule has 1 aromatic heterocycles. The van der Waals surface area contributed by atoms with Crippen molar-refractivity contribution in [3.63, 3.8) is 0 Å². The van der Waals surface area contributed by atoms with Crippen molar-refractivity contribution in [2.45, 2.75) is 26.8 Å². The van der Waals surface area contributed by atoms with E-state index < -0.39 is 0 Å². The van der Waals surface area contributed by atoms with Gasteiger partial charge in [-0.2, -0.15) is 0 Å². The molecule has 0 radical (unpaired) electrons. The van der Waals surface area contributed by atoms with Crippen LogP contribution in [0.1, 0.15) is 34.9 Å². The van der Waals surface area contributed by atoms with Gasteiger partial charge in [0, 0.05) is 31.4 Å². The van der Waals surface area contributed by atoms with Gasteiger partial charge < -0.3 is 15.5 Å². The Kier molecular flexibility index (Phi) is 8.04. The second kappa shape index (κ2) is 10.3. The number of nitrogens with zero attached hydrogens (tertiary/aromatic N) is 3. The van der Waals surface area contributed by atoms with Gasteiger partial charge in [-0.1, -0.05) is 44.2 Å². The van der Waals surface area contributed by atoms with Crippen LogP contribution in [0, 0.1) is 0 Å². The summed E-state index contributed by atoms with van der Waals surface area (Å²) in [6.45, 7) is 8.98. The number of amides is 1. The van der Waals surface area contributed by atoms with Crippen molar-refractivity contribution in [2.24, 2.45) is 5.73 Å². The zero-order valence-electron chi connectivity index (χ0n) is 15.1. The summed E-state index contributed by atoms with van der Waals surface area (Å²) >= 11 is 1.51. The Morgan fingerprint density at radius 2 is 1.88 bits per heavy atom. The van der Waals surface area contributed by atoms with Gasteiger partial charge in [-0.15, -0.1) is 11.3 Å². The standard InChI is InChI=1S/C19H28N4OS/c1-3-22(4-2)12-13-23(14-16-8-6-5-7-9-16)19(24)17-15-25-18(21-17)10-11-20/h5-9,15H,3-4,10-14,20H2,1-2H3. The van der Waals surface area contributed by atoms with Crippen LogP contribution in [0.3, 0.4) is 0 Å². The quantitative estimate of drug-likeness (QED) is 0.707. The van der Waals surface area contributed by atoms with E-state index in [1.807, 2.05) is 28.5 Å². The first kappa shape index (κ1) is 19.6. The third-order valence-electron chi connectivity index (χ3n) is 4.21. The average molecular weight is 361 g/mol. The maximum Gasteiger partial charge on any atom is 0.273 e. The first-order chi connectivity index (χ1) is 12.2. The molecular formula is C19H28N4OS. The topological polar surface area (TPSA) is 62.5 Å². The molecule has 2 N–H and O–H groups in total. The monoisotopic (exact) mass is 360 g/mol. The van der Waals surface area contributed by atoms with E-state index in [1.54, 1.807) is 0 Å². The molecule has 1 amide bonds. The molecule has 0 saturated heterocycles. The lowest BCUT2D eigenvalue weighted by atomic mass is 10.2. The summed E-state index contributed by atoms with van der Waals surface area (Å²) in [5.41, 5.74) is 7.25. The van der Waals surface area contributed by atoms with Gasteiger partial charge in [-0.25, -0.2) is 4.98 Å². The Morgan fingerprint density at radius 1 is 1.16 bits per heavy atom. The lowest BCUT2D eigenvalue weighted by Crippen LogP contribution is -2.38. The lowest BCUT2D eigenvalue weighted by Gasteiger charge is -2.26. The van der Waals surface area contributed by atoms with E-state index in [9.17, 15) is 4.79 Å². The van der Waals surface area contributed by atoms with Crippen LogP contribution in [0.4, 0.5) is 0 Å². The van der Waals surface area contributed by atoms with Crippen LogP contribution in [-0.2, 0) is 13.0 Å². The van der Waals surface area contributed by atoms with E-state index in [2.05, 4.69) is 35.9 Å². The lowest BCUT2D eigenvalue weighted by molar-refractivity contribution is 0.0718. The molecule has 6 heteroatoms. The molecule has 0 saturated carbocycles. The molecule has 1 heterocycles. The van der Waals surface area contributed by atoms with Crippen molar-refractivity contribution in [1.82, 2.24) is 14.8 Å². The van der Waals surface area contributed by atoms with Crippen molar-refractivity contribution in [3.05, 3.63) is 52.0 Å². The Labute approximate surface area is 154 Å². The first-order valence-electron chi connectivity index (χ1n) is 8.87. The van der Waals surface area contributed by atoms with E-state index in [-0.39, 0.29) is 5.91 Å². The number of hydrogen-bond donors (Lipinski definition) is 1. The predicted octanol–water partition coefficient (Wildman–Crippen LogP) is 2.63. The van der Waals surface area contributed by atoms with Gasteiger partial charge >= 0.3 is 0 Å². The van der Waals surface area contributed by atoms with Gasteiger partial charge in [-0.3, -0.25) is 4.79 Å². The van der Waals surface area contributed by atoms with Gasteiger partial charge in [0.05, 0.1) is 5.01 Å². The minimum absolute atomic E-state index is 0.00414. The van der Waals surface area contributed by atoms with Crippen molar-refractivity contribution in [2.75, 3.05) is 32.7 Å². The van der Waals surface area contributed by atoms with Gasteiger partial charge in [0.2, 0.25) is 0 Å². The number of nitrogens with two attached hydrogens (primary N) is 1. The summed E-state index contributed by atoms with van der Waals surface area (Å²) in [5, 5.41) is 2.78. The van der Waals surface area contributed by atoms with Crippen molar-refractivity contribution in [3.8, 4) is 0 Å². The smallest absolute Gasteiger partial charge is 0.273 e. The van der Waals surface area contributed by atoms with Gasteiger partial charge in [0.15, 0.2) is 0 Å². The fourth-order valence-electron chi connectivity index (χ4n) is 2.67. The normalized spacial score (nSPS) is 11.0. The van der Waals surface area contributed by atoms with Crippen LogP contribution in [0.15, 0.2) is 35.7 Å². The number of benzene rings is 1. The van der Waals surface area contributed by atoms with Crippen molar-refractivity contribution >= 4 is 17.2 Å². The summed E-state index contributed by atoms with van der Waals surface area (Å²) in [6.07, 6.45) is 0.718. The highest BCUT2D eigenvalue weighted by Gasteiger charge is 2.19. The third kappa shape index (κ3) is 5.92. The molecule has 25 heavy (non-hydrogen) atoms. The number of carbonyl (C=O) groups excluding carboxylic acids is 1. The Balaban J connectivity index is 2.12. The number of hydrogen-bond acceptors (Lipinski definition) is 5. The van der Waals surface area contributed by atoms with Crippen molar-refractivity contribution in [1.29, 1.82) is 0 Å². The van der Waals surface area contributed by atoms with Gasteiger partial charge in [-0.05, 0) is 25.2 Å². The molecule has 0 aliphatic heterocycles. The van der Waals surface area contributed by atoms with E-state index in [0.717, 1.165) is 36.6 Å². The van der Waals surface area contributed by atoms with E-state index >= 15 is 0 Å². The van der Waals surface area contributed by atoms with Crippen LogP contribution >= 0.6 is 11.3 Å². The predicted molar refractivity (Wildman–Crippen MR) is 104 cm³/mol.